The van der Waals surface area contributed by atoms with Gasteiger partial charge in [0.25, 0.3) is 5.91 Å². The number of amides is 1. The first-order chi connectivity index (χ1) is 16.2. The molecule has 4 atom stereocenters. The fraction of sp³-hybridized carbons (Fsp3) is 0.480. The van der Waals surface area contributed by atoms with Gasteiger partial charge in [0.15, 0.2) is 28.9 Å². The number of likely N-dealkylation sites (tertiary alicyclic amines) is 1. The maximum atomic E-state index is 14.0. The average Bonchev–Trinajstić information content (AvgIpc) is 3.26. The third-order valence-electron chi connectivity index (χ3n) is 7.76. The van der Waals surface area contributed by atoms with E-state index in [1.165, 1.54) is 0 Å². The van der Waals surface area contributed by atoms with Gasteiger partial charge in [-0.15, -0.1) is 0 Å². The van der Waals surface area contributed by atoms with E-state index in [1.54, 1.807) is 29.2 Å². The molecule has 1 heterocycles. The van der Waals surface area contributed by atoms with E-state index in [1.807, 2.05) is 6.07 Å². The molecular weight excluding hydrogens is 455 g/mol. The van der Waals surface area contributed by atoms with Crippen LogP contribution in [0.5, 0.6) is 0 Å². The van der Waals surface area contributed by atoms with Gasteiger partial charge in [0.2, 0.25) is 5.82 Å². The van der Waals surface area contributed by atoms with Gasteiger partial charge in [0.05, 0.1) is 0 Å². The van der Waals surface area contributed by atoms with Crippen molar-refractivity contribution in [3.05, 3.63) is 70.5 Å². The van der Waals surface area contributed by atoms with Crippen LogP contribution in [-0.2, 0) is 16.9 Å². The van der Waals surface area contributed by atoms with Crippen molar-refractivity contribution >= 4 is 5.91 Å². The molecule has 34 heavy (non-hydrogen) atoms. The summed E-state index contributed by atoms with van der Waals surface area (Å²) >= 11 is 0. The lowest BCUT2D eigenvalue weighted by molar-refractivity contribution is -0.147. The van der Waals surface area contributed by atoms with Crippen molar-refractivity contribution in [2.45, 2.75) is 43.9 Å². The summed E-state index contributed by atoms with van der Waals surface area (Å²) in [7, 11) is 0. The van der Waals surface area contributed by atoms with Gasteiger partial charge >= 0.3 is 0 Å². The molecule has 3 aliphatic rings. The number of hydrogen-bond donors (Lipinski definition) is 2. The van der Waals surface area contributed by atoms with Crippen molar-refractivity contribution in [2.24, 2.45) is 17.8 Å². The summed E-state index contributed by atoms with van der Waals surface area (Å²) in [5.74, 6) is -10.3. The topological polar surface area (TPSA) is 52.6 Å². The van der Waals surface area contributed by atoms with Crippen LogP contribution >= 0.6 is 0 Å². The molecule has 0 spiro atoms. The Morgan fingerprint density at radius 3 is 2.00 bits per heavy atom. The lowest BCUT2D eigenvalue weighted by atomic mass is 9.79. The van der Waals surface area contributed by atoms with Crippen LogP contribution in [0.25, 0.3) is 0 Å². The molecule has 2 aromatic carbocycles. The minimum Gasteiger partial charge on any atom is -0.375 e. The zero-order valence-corrected chi connectivity index (χ0v) is 18.3. The summed E-state index contributed by atoms with van der Waals surface area (Å²) < 4.78 is 68.3. The maximum absolute atomic E-state index is 14.0. The number of fused-ring (bicyclic) bond motifs is 1. The SMILES string of the molecule is O=C(N[C@H]1C2CN(Cc3c(F)c(F)c(F)c(F)c3F)C[C@@H]21)C(O)(c1ccccc1)C1CCCC1. The summed E-state index contributed by atoms with van der Waals surface area (Å²) in [6, 6.07) is 8.68. The van der Waals surface area contributed by atoms with E-state index in [0.717, 1.165) is 25.7 Å². The Bertz CT molecular complexity index is 1070. The fourth-order valence-electron chi connectivity index (χ4n) is 5.82. The Balaban J connectivity index is 1.25. The predicted molar refractivity (Wildman–Crippen MR) is 113 cm³/mol. The quantitative estimate of drug-likeness (QED) is 0.373. The standard InChI is InChI=1S/C25H25F5N2O2/c26-18-17(19(27)21(29)22(30)20(18)28)12-32-10-15-16(11-32)23(15)31-24(33)25(34,14-8-4-5-9-14)13-6-2-1-3-7-13/h1-3,6-7,14-16,23,34H,4-5,8-12H2,(H,31,33)/t15-,16?,23+,25?/m0/s1. The van der Waals surface area contributed by atoms with E-state index in [2.05, 4.69) is 5.32 Å². The van der Waals surface area contributed by atoms with Gasteiger partial charge in [-0.05, 0) is 30.2 Å². The van der Waals surface area contributed by atoms with E-state index in [-0.39, 0.29) is 23.8 Å². The second kappa shape index (κ2) is 8.61. The third kappa shape index (κ3) is 3.69. The van der Waals surface area contributed by atoms with Gasteiger partial charge in [0, 0.05) is 37.2 Å². The molecule has 2 aliphatic carbocycles. The molecule has 2 aromatic rings. The zero-order valence-electron chi connectivity index (χ0n) is 18.3. The first kappa shape index (κ1) is 23.2. The monoisotopic (exact) mass is 480 g/mol. The molecule has 3 fully saturated rings. The first-order valence-electron chi connectivity index (χ1n) is 11.5. The normalized spacial score (nSPS) is 26.4. The molecule has 1 amide bonds. The van der Waals surface area contributed by atoms with Crippen molar-refractivity contribution in [3.63, 3.8) is 0 Å². The van der Waals surface area contributed by atoms with E-state index in [0.29, 0.717) is 18.7 Å². The molecule has 2 saturated carbocycles. The summed E-state index contributed by atoms with van der Waals surface area (Å²) in [6.45, 7) is 0.292. The summed E-state index contributed by atoms with van der Waals surface area (Å²) in [5.41, 5.74) is -1.93. The Hall–Kier alpha value is -2.52. The van der Waals surface area contributed by atoms with Gasteiger partial charge in [-0.1, -0.05) is 43.2 Å². The number of rotatable bonds is 6. The number of nitrogens with zero attached hydrogens (tertiary/aromatic N) is 1. The van der Waals surface area contributed by atoms with Gasteiger partial charge in [0.1, 0.15) is 0 Å². The molecule has 182 valence electrons. The first-order valence-corrected chi connectivity index (χ1v) is 11.5. The van der Waals surface area contributed by atoms with Crippen molar-refractivity contribution in [3.8, 4) is 0 Å². The number of benzene rings is 2. The van der Waals surface area contributed by atoms with Crippen LogP contribution in [0.1, 0.15) is 36.8 Å². The highest BCUT2D eigenvalue weighted by Crippen LogP contribution is 2.48. The smallest absolute Gasteiger partial charge is 0.257 e. The molecular formula is C25H25F5N2O2. The Morgan fingerprint density at radius 1 is 0.912 bits per heavy atom. The molecule has 0 radical (unpaired) electrons. The zero-order chi connectivity index (χ0) is 24.2. The van der Waals surface area contributed by atoms with Gasteiger partial charge < -0.3 is 10.4 Å². The largest absolute Gasteiger partial charge is 0.375 e. The van der Waals surface area contributed by atoms with Crippen LogP contribution in [0.4, 0.5) is 22.0 Å². The number of hydrogen-bond acceptors (Lipinski definition) is 3. The van der Waals surface area contributed by atoms with Crippen molar-refractivity contribution in [2.75, 3.05) is 13.1 Å². The van der Waals surface area contributed by atoms with Crippen LogP contribution in [0.2, 0.25) is 0 Å². The van der Waals surface area contributed by atoms with Crippen molar-refractivity contribution in [1.82, 2.24) is 10.2 Å². The third-order valence-corrected chi connectivity index (χ3v) is 7.76. The number of piperidine rings is 1. The number of nitrogens with one attached hydrogen (secondary N) is 1. The van der Waals surface area contributed by atoms with E-state index >= 15 is 0 Å². The molecule has 0 aromatic heterocycles. The molecule has 1 aliphatic heterocycles. The highest BCUT2D eigenvalue weighted by molar-refractivity contribution is 5.87. The highest BCUT2D eigenvalue weighted by Gasteiger charge is 2.58. The van der Waals surface area contributed by atoms with E-state index in [4.69, 9.17) is 0 Å². The van der Waals surface area contributed by atoms with E-state index in [9.17, 15) is 31.9 Å². The van der Waals surface area contributed by atoms with Crippen LogP contribution in [0, 0.1) is 46.8 Å². The van der Waals surface area contributed by atoms with E-state index < -0.39 is 52.7 Å². The molecule has 1 saturated heterocycles. The number of carbonyl (C=O) groups excluding carboxylic acids is 1. The Morgan fingerprint density at radius 2 is 1.44 bits per heavy atom. The molecule has 4 nitrogen and oxygen atoms in total. The molecule has 5 rings (SSSR count). The molecule has 2 N–H and O–H groups in total. The Kier molecular flexibility index (Phi) is 5.88. The summed E-state index contributed by atoms with van der Waals surface area (Å²) in [6.07, 6.45) is 3.42. The number of halogens is 5. The maximum Gasteiger partial charge on any atom is 0.257 e. The van der Waals surface area contributed by atoms with Gasteiger partial charge in [-0.25, -0.2) is 22.0 Å². The predicted octanol–water partition coefficient (Wildman–Crippen LogP) is 4.01. The van der Waals surface area contributed by atoms with Crippen molar-refractivity contribution in [1.29, 1.82) is 0 Å². The van der Waals surface area contributed by atoms with Crippen LogP contribution in [-0.4, -0.2) is 35.0 Å². The van der Waals surface area contributed by atoms with Gasteiger partial charge in [-0.2, -0.15) is 0 Å². The second-order valence-electron chi connectivity index (χ2n) is 9.68. The summed E-state index contributed by atoms with van der Waals surface area (Å²) in [5, 5.41) is 14.5. The number of aliphatic hydroxyl groups is 1. The lowest BCUT2D eigenvalue weighted by Crippen LogP contribution is -2.50. The fourth-order valence-corrected chi connectivity index (χ4v) is 5.82. The minimum absolute atomic E-state index is 0.00573. The van der Waals surface area contributed by atoms with Crippen molar-refractivity contribution < 1.29 is 31.9 Å². The number of carbonyl (C=O) groups is 1. The highest BCUT2D eigenvalue weighted by atomic mass is 19.2. The van der Waals surface area contributed by atoms with Gasteiger partial charge in [-0.3, -0.25) is 9.69 Å². The average molecular weight is 480 g/mol. The minimum atomic E-state index is -2.17. The molecule has 9 heteroatoms. The molecule has 2 unspecified atom stereocenters. The Labute approximate surface area is 193 Å². The molecule has 0 bridgehead atoms. The van der Waals surface area contributed by atoms with Crippen LogP contribution in [0.3, 0.4) is 0 Å². The summed E-state index contributed by atoms with van der Waals surface area (Å²) in [4.78, 5) is 14.9. The lowest BCUT2D eigenvalue weighted by Gasteiger charge is -2.33. The van der Waals surface area contributed by atoms with Crippen LogP contribution in [0.15, 0.2) is 30.3 Å². The second-order valence-corrected chi connectivity index (χ2v) is 9.68. The van der Waals surface area contributed by atoms with Crippen LogP contribution < -0.4 is 5.32 Å².